The van der Waals surface area contributed by atoms with Crippen molar-refractivity contribution in [1.82, 2.24) is 14.2 Å². The van der Waals surface area contributed by atoms with Crippen LogP contribution in [0.5, 0.6) is 11.5 Å². The van der Waals surface area contributed by atoms with Crippen LogP contribution in [0.15, 0.2) is 51.8 Å². The molecule has 1 fully saturated rings. The van der Waals surface area contributed by atoms with Crippen LogP contribution >= 0.6 is 0 Å². The number of ether oxygens (including phenoxy) is 2. The monoisotopic (exact) mass is 429 g/mol. The second kappa shape index (κ2) is 7.90. The Balaban J connectivity index is 1.26. The molecular formula is C21H23N3O5S. The first kappa shape index (κ1) is 19.3. The first-order valence-corrected chi connectivity index (χ1v) is 11.5. The van der Waals surface area contributed by atoms with Gasteiger partial charge in [0.1, 0.15) is 5.52 Å². The van der Waals surface area contributed by atoms with Crippen LogP contribution in [0.1, 0.15) is 12.3 Å². The molecule has 158 valence electrons. The summed E-state index contributed by atoms with van der Waals surface area (Å²) < 4.78 is 44.8. The Morgan fingerprint density at radius 1 is 0.933 bits per heavy atom. The summed E-state index contributed by atoms with van der Waals surface area (Å²) in [5, 5.41) is 0. The van der Waals surface area contributed by atoms with Gasteiger partial charge in [-0.15, -0.1) is 0 Å². The number of rotatable bonds is 4. The van der Waals surface area contributed by atoms with Crippen molar-refractivity contribution < 1.29 is 22.3 Å². The van der Waals surface area contributed by atoms with Crippen LogP contribution in [0.4, 0.5) is 0 Å². The van der Waals surface area contributed by atoms with Crippen molar-refractivity contribution >= 4 is 21.1 Å². The zero-order valence-corrected chi connectivity index (χ0v) is 17.3. The minimum absolute atomic E-state index is 0.235. The molecule has 0 atom stereocenters. The number of sulfonamides is 1. The average Bonchev–Trinajstić information content (AvgIpc) is 3.01. The van der Waals surface area contributed by atoms with Crippen molar-refractivity contribution in [2.75, 3.05) is 39.4 Å². The fraction of sp³-hybridized carbons (Fsp3) is 0.381. The third-order valence-electron chi connectivity index (χ3n) is 5.39. The van der Waals surface area contributed by atoms with Crippen molar-refractivity contribution in [3.8, 4) is 11.5 Å². The number of para-hydroxylation sites is 2. The van der Waals surface area contributed by atoms with Crippen LogP contribution < -0.4 is 9.47 Å². The summed E-state index contributed by atoms with van der Waals surface area (Å²) in [5.41, 5.74) is 1.60. The number of piperazine rings is 1. The second-order valence-corrected chi connectivity index (χ2v) is 9.35. The molecule has 3 aromatic rings. The summed E-state index contributed by atoms with van der Waals surface area (Å²) >= 11 is 0. The zero-order valence-electron chi connectivity index (χ0n) is 16.5. The van der Waals surface area contributed by atoms with Gasteiger partial charge in [0.2, 0.25) is 15.9 Å². The molecule has 1 saturated heterocycles. The number of fused-ring (bicyclic) bond motifs is 2. The molecule has 0 unspecified atom stereocenters. The Kier molecular flexibility index (Phi) is 5.10. The quantitative estimate of drug-likeness (QED) is 0.630. The SMILES string of the molecule is O=S(=O)(c1ccc2c(c1)OCCCO2)N1CCN(Cc2nc3ccccc3o2)CC1. The summed E-state index contributed by atoms with van der Waals surface area (Å²) in [6, 6.07) is 12.5. The van der Waals surface area contributed by atoms with Crippen LogP contribution in [0.3, 0.4) is 0 Å². The van der Waals surface area contributed by atoms with Gasteiger partial charge in [-0.25, -0.2) is 13.4 Å². The molecule has 0 spiro atoms. The van der Waals surface area contributed by atoms with Gasteiger partial charge in [-0.05, 0) is 24.3 Å². The smallest absolute Gasteiger partial charge is 0.243 e. The van der Waals surface area contributed by atoms with Gasteiger partial charge in [0.25, 0.3) is 0 Å². The fourth-order valence-corrected chi connectivity index (χ4v) is 5.20. The predicted octanol–water partition coefficient (Wildman–Crippen LogP) is 2.50. The summed E-state index contributed by atoms with van der Waals surface area (Å²) in [4.78, 5) is 6.90. The van der Waals surface area contributed by atoms with E-state index >= 15 is 0 Å². The Morgan fingerprint density at radius 3 is 2.50 bits per heavy atom. The average molecular weight is 429 g/mol. The van der Waals surface area contributed by atoms with Gasteiger partial charge in [-0.2, -0.15) is 4.31 Å². The minimum atomic E-state index is -3.59. The van der Waals surface area contributed by atoms with Gasteiger partial charge in [0.05, 0.1) is 24.7 Å². The number of hydrogen-bond acceptors (Lipinski definition) is 7. The second-order valence-electron chi connectivity index (χ2n) is 7.41. The van der Waals surface area contributed by atoms with Crippen molar-refractivity contribution in [3.63, 3.8) is 0 Å². The Bertz CT molecular complexity index is 1120. The van der Waals surface area contributed by atoms with Gasteiger partial charge >= 0.3 is 0 Å². The number of aromatic nitrogens is 1. The molecule has 0 N–H and O–H groups in total. The third-order valence-corrected chi connectivity index (χ3v) is 7.28. The van der Waals surface area contributed by atoms with Crippen LogP contribution in [-0.4, -0.2) is 62.0 Å². The largest absolute Gasteiger partial charge is 0.490 e. The van der Waals surface area contributed by atoms with Crippen molar-refractivity contribution in [2.24, 2.45) is 0 Å². The molecule has 8 nitrogen and oxygen atoms in total. The highest BCUT2D eigenvalue weighted by Gasteiger charge is 2.30. The molecule has 5 rings (SSSR count). The van der Waals surface area contributed by atoms with Crippen LogP contribution in [-0.2, 0) is 16.6 Å². The molecule has 0 saturated carbocycles. The van der Waals surface area contributed by atoms with E-state index in [1.165, 1.54) is 4.31 Å². The standard InChI is InChI=1S/C21H23N3O5S/c25-30(26,16-6-7-19-20(14-16)28-13-3-12-27-19)24-10-8-23(9-11-24)15-21-22-17-4-1-2-5-18(17)29-21/h1-2,4-7,14H,3,8-13,15H2. The molecule has 1 aromatic heterocycles. The molecule has 0 aliphatic carbocycles. The maximum atomic E-state index is 13.1. The van der Waals surface area contributed by atoms with E-state index in [4.69, 9.17) is 13.9 Å². The normalized spacial score (nSPS) is 18.4. The topological polar surface area (TPSA) is 85.1 Å². The van der Waals surface area contributed by atoms with E-state index in [1.807, 2.05) is 24.3 Å². The molecule has 0 bridgehead atoms. The predicted molar refractivity (Wildman–Crippen MR) is 110 cm³/mol. The van der Waals surface area contributed by atoms with E-state index < -0.39 is 10.0 Å². The van der Waals surface area contributed by atoms with Crippen LogP contribution in [0.2, 0.25) is 0 Å². The van der Waals surface area contributed by atoms with Gasteiger partial charge in [-0.3, -0.25) is 4.90 Å². The van der Waals surface area contributed by atoms with E-state index in [0.717, 1.165) is 17.5 Å². The van der Waals surface area contributed by atoms with E-state index in [2.05, 4.69) is 9.88 Å². The van der Waals surface area contributed by atoms with E-state index in [-0.39, 0.29) is 4.90 Å². The number of oxazole rings is 1. The highest BCUT2D eigenvalue weighted by molar-refractivity contribution is 7.89. The molecule has 30 heavy (non-hydrogen) atoms. The summed E-state index contributed by atoms with van der Waals surface area (Å²) in [6.07, 6.45) is 0.777. The van der Waals surface area contributed by atoms with Gasteiger partial charge in [0, 0.05) is 38.7 Å². The van der Waals surface area contributed by atoms with Crippen molar-refractivity contribution in [1.29, 1.82) is 0 Å². The Morgan fingerprint density at radius 2 is 1.70 bits per heavy atom. The third kappa shape index (κ3) is 3.76. The Hall–Kier alpha value is -2.62. The summed E-state index contributed by atoms with van der Waals surface area (Å²) in [7, 11) is -3.59. The zero-order chi connectivity index (χ0) is 20.6. The number of benzene rings is 2. The molecule has 3 heterocycles. The molecule has 2 aliphatic heterocycles. The molecule has 2 aromatic carbocycles. The number of hydrogen-bond donors (Lipinski definition) is 0. The van der Waals surface area contributed by atoms with Crippen LogP contribution in [0, 0.1) is 0 Å². The molecule has 0 radical (unpaired) electrons. The molecule has 2 aliphatic rings. The maximum absolute atomic E-state index is 13.1. The van der Waals surface area contributed by atoms with Gasteiger partial charge < -0.3 is 13.9 Å². The van der Waals surface area contributed by atoms with Gasteiger partial charge in [-0.1, -0.05) is 12.1 Å². The first-order valence-electron chi connectivity index (χ1n) is 10.1. The lowest BCUT2D eigenvalue weighted by molar-refractivity contribution is 0.169. The lowest BCUT2D eigenvalue weighted by atomic mass is 10.3. The minimum Gasteiger partial charge on any atom is -0.490 e. The van der Waals surface area contributed by atoms with Crippen molar-refractivity contribution in [2.45, 2.75) is 17.9 Å². The summed E-state index contributed by atoms with van der Waals surface area (Å²) in [5.74, 6) is 1.73. The maximum Gasteiger partial charge on any atom is 0.243 e. The molecular weight excluding hydrogens is 406 g/mol. The lowest BCUT2D eigenvalue weighted by Gasteiger charge is -2.33. The molecule has 9 heteroatoms. The van der Waals surface area contributed by atoms with Gasteiger partial charge in [0.15, 0.2) is 17.1 Å². The molecule has 0 amide bonds. The Labute approximate surface area is 175 Å². The summed E-state index contributed by atoms with van der Waals surface area (Å²) in [6.45, 7) is 3.71. The van der Waals surface area contributed by atoms with Crippen LogP contribution in [0.25, 0.3) is 11.1 Å². The van der Waals surface area contributed by atoms with E-state index in [1.54, 1.807) is 18.2 Å². The fourth-order valence-electron chi connectivity index (χ4n) is 3.76. The first-order chi connectivity index (χ1) is 14.6. The highest BCUT2D eigenvalue weighted by atomic mass is 32.2. The van der Waals surface area contributed by atoms with Crippen molar-refractivity contribution in [3.05, 3.63) is 48.4 Å². The lowest BCUT2D eigenvalue weighted by Crippen LogP contribution is -2.48. The number of nitrogens with zero attached hydrogens (tertiary/aromatic N) is 3. The van der Waals surface area contributed by atoms with E-state index in [0.29, 0.717) is 63.3 Å². The van der Waals surface area contributed by atoms with E-state index in [9.17, 15) is 8.42 Å². The highest BCUT2D eigenvalue weighted by Crippen LogP contribution is 2.33.